The fraction of sp³-hybridized carbons (Fsp3) is 0.462. The molecule has 4 nitrogen and oxygen atoms in total. The van der Waals surface area contributed by atoms with Crippen molar-refractivity contribution >= 4 is 5.78 Å². The van der Waals surface area contributed by atoms with Crippen LogP contribution in [0.3, 0.4) is 0 Å². The van der Waals surface area contributed by atoms with Gasteiger partial charge in [-0.05, 0) is 17.7 Å². The Bertz CT molecular complexity index is 417. The van der Waals surface area contributed by atoms with Gasteiger partial charge < -0.3 is 9.47 Å². The van der Waals surface area contributed by atoms with E-state index in [4.69, 9.17) is 9.47 Å². The number of carbonyl (C=O) groups is 1. The maximum absolute atomic E-state index is 11.2. The van der Waals surface area contributed by atoms with E-state index in [1.54, 1.807) is 14.2 Å². The van der Waals surface area contributed by atoms with Gasteiger partial charge in [0.25, 0.3) is 0 Å². The number of hydrogen-bond acceptors (Lipinski definition) is 4. The van der Waals surface area contributed by atoms with Crippen molar-refractivity contribution in [1.82, 2.24) is 4.90 Å². The first-order valence-electron chi connectivity index (χ1n) is 5.68. The topological polar surface area (TPSA) is 38.8 Å². The molecule has 0 aliphatic carbocycles. The Hall–Kier alpha value is -1.55. The van der Waals surface area contributed by atoms with Crippen LogP contribution in [0.2, 0.25) is 0 Å². The molecule has 0 amide bonds. The summed E-state index contributed by atoms with van der Waals surface area (Å²) in [7, 11) is 3.25. The Morgan fingerprint density at radius 3 is 2.59 bits per heavy atom. The molecule has 0 radical (unpaired) electrons. The molecule has 0 aromatic heterocycles. The van der Waals surface area contributed by atoms with Gasteiger partial charge in [-0.3, -0.25) is 9.69 Å². The van der Waals surface area contributed by atoms with Crippen LogP contribution < -0.4 is 9.47 Å². The summed E-state index contributed by atoms with van der Waals surface area (Å²) >= 11 is 0. The number of Topliss-reactive ketones (excluding diaryl/α,β-unsaturated/α-hetero) is 1. The monoisotopic (exact) mass is 235 g/mol. The van der Waals surface area contributed by atoms with Gasteiger partial charge >= 0.3 is 0 Å². The maximum atomic E-state index is 11.2. The number of ether oxygens (including phenoxy) is 2. The Morgan fingerprint density at radius 2 is 2.00 bits per heavy atom. The molecule has 1 aromatic carbocycles. The molecule has 1 aromatic rings. The quantitative estimate of drug-likeness (QED) is 0.792. The molecule has 0 N–H and O–H groups in total. The van der Waals surface area contributed by atoms with Crippen molar-refractivity contribution in [2.45, 2.75) is 13.0 Å². The normalized spacial score (nSPS) is 16.2. The molecular formula is C13H17NO3. The van der Waals surface area contributed by atoms with Crippen LogP contribution in [-0.2, 0) is 11.3 Å². The van der Waals surface area contributed by atoms with E-state index in [0.29, 0.717) is 18.7 Å². The van der Waals surface area contributed by atoms with Gasteiger partial charge in [-0.1, -0.05) is 6.07 Å². The molecule has 0 atom stereocenters. The second kappa shape index (κ2) is 5.19. The number of methoxy groups -OCH3 is 2. The van der Waals surface area contributed by atoms with Crippen molar-refractivity contribution in [2.24, 2.45) is 0 Å². The molecular weight excluding hydrogens is 218 g/mol. The van der Waals surface area contributed by atoms with Gasteiger partial charge in [0.05, 0.1) is 20.8 Å². The largest absolute Gasteiger partial charge is 0.493 e. The zero-order valence-electron chi connectivity index (χ0n) is 10.2. The third-order valence-corrected chi connectivity index (χ3v) is 2.96. The standard InChI is InChI=1S/C13H17NO3/c1-16-12-4-3-10(7-13(12)17-2)8-14-6-5-11(15)9-14/h3-4,7H,5-6,8-9H2,1-2H3. The number of ketones is 1. The molecule has 4 heteroatoms. The van der Waals surface area contributed by atoms with Crippen molar-refractivity contribution in [2.75, 3.05) is 27.3 Å². The van der Waals surface area contributed by atoms with Gasteiger partial charge in [0, 0.05) is 19.5 Å². The summed E-state index contributed by atoms with van der Waals surface area (Å²) in [5.41, 5.74) is 1.14. The minimum Gasteiger partial charge on any atom is -0.493 e. The van der Waals surface area contributed by atoms with Crippen molar-refractivity contribution < 1.29 is 14.3 Å². The van der Waals surface area contributed by atoms with Crippen molar-refractivity contribution in [3.05, 3.63) is 23.8 Å². The number of nitrogens with zero attached hydrogens (tertiary/aromatic N) is 1. The van der Waals surface area contributed by atoms with Crippen molar-refractivity contribution in [1.29, 1.82) is 0 Å². The van der Waals surface area contributed by atoms with E-state index in [2.05, 4.69) is 4.90 Å². The highest BCUT2D eigenvalue weighted by Crippen LogP contribution is 2.28. The van der Waals surface area contributed by atoms with E-state index < -0.39 is 0 Å². The molecule has 1 aliphatic rings. The van der Waals surface area contributed by atoms with Crippen LogP contribution in [0.5, 0.6) is 11.5 Å². The predicted octanol–water partition coefficient (Wildman–Crippen LogP) is 1.48. The fourth-order valence-electron chi connectivity index (χ4n) is 2.06. The van der Waals surface area contributed by atoms with E-state index in [-0.39, 0.29) is 0 Å². The summed E-state index contributed by atoms with van der Waals surface area (Å²) in [5.74, 6) is 1.79. The zero-order chi connectivity index (χ0) is 12.3. The second-order valence-electron chi connectivity index (χ2n) is 4.19. The average Bonchev–Trinajstić information content (AvgIpc) is 2.74. The minimum absolute atomic E-state index is 0.325. The number of benzene rings is 1. The minimum atomic E-state index is 0.325. The van der Waals surface area contributed by atoms with E-state index in [1.807, 2.05) is 18.2 Å². The Morgan fingerprint density at radius 1 is 1.24 bits per heavy atom. The Balaban J connectivity index is 2.08. The summed E-state index contributed by atoms with van der Waals surface area (Å²) < 4.78 is 10.4. The molecule has 2 rings (SSSR count). The van der Waals surface area contributed by atoms with E-state index >= 15 is 0 Å². The molecule has 1 saturated heterocycles. The van der Waals surface area contributed by atoms with E-state index in [1.165, 1.54) is 0 Å². The first-order valence-corrected chi connectivity index (χ1v) is 5.68. The smallest absolute Gasteiger partial charge is 0.161 e. The molecule has 92 valence electrons. The Kier molecular flexibility index (Phi) is 3.64. The van der Waals surface area contributed by atoms with Gasteiger partial charge in [-0.2, -0.15) is 0 Å². The highest BCUT2D eigenvalue weighted by molar-refractivity contribution is 5.82. The summed E-state index contributed by atoms with van der Waals surface area (Å²) in [6.45, 7) is 2.20. The molecule has 17 heavy (non-hydrogen) atoms. The van der Waals surface area contributed by atoms with E-state index in [0.717, 1.165) is 30.2 Å². The summed E-state index contributed by atoms with van der Waals surface area (Å²) in [5, 5.41) is 0. The average molecular weight is 235 g/mol. The molecule has 1 aliphatic heterocycles. The fourth-order valence-corrected chi connectivity index (χ4v) is 2.06. The lowest BCUT2D eigenvalue weighted by Crippen LogP contribution is -2.20. The molecule has 0 unspecified atom stereocenters. The van der Waals surface area contributed by atoms with Crippen LogP contribution in [0.15, 0.2) is 18.2 Å². The molecule has 0 saturated carbocycles. The van der Waals surface area contributed by atoms with Crippen LogP contribution in [-0.4, -0.2) is 38.0 Å². The summed E-state index contributed by atoms with van der Waals surface area (Å²) in [6.07, 6.45) is 0.674. The lowest BCUT2D eigenvalue weighted by atomic mass is 10.2. The van der Waals surface area contributed by atoms with Crippen LogP contribution >= 0.6 is 0 Å². The molecule has 0 bridgehead atoms. The number of likely N-dealkylation sites (tertiary alicyclic amines) is 1. The SMILES string of the molecule is COc1ccc(CN2CCC(=O)C2)cc1OC. The third-order valence-electron chi connectivity index (χ3n) is 2.96. The third kappa shape index (κ3) is 2.77. The first kappa shape index (κ1) is 11.9. The second-order valence-corrected chi connectivity index (χ2v) is 4.19. The van der Waals surface area contributed by atoms with Crippen LogP contribution in [0.25, 0.3) is 0 Å². The highest BCUT2D eigenvalue weighted by Gasteiger charge is 2.19. The van der Waals surface area contributed by atoms with Crippen LogP contribution in [0, 0.1) is 0 Å². The summed E-state index contributed by atoms with van der Waals surface area (Å²) in [4.78, 5) is 13.3. The van der Waals surface area contributed by atoms with Gasteiger partial charge in [0.15, 0.2) is 11.5 Å². The van der Waals surface area contributed by atoms with Crippen LogP contribution in [0.4, 0.5) is 0 Å². The number of hydrogen-bond donors (Lipinski definition) is 0. The van der Waals surface area contributed by atoms with Gasteiger partial charge in [0.2, 0.25) is 0 Å². The Labute approximate surface area is 101 Å². The first-order chi connectivity index (χ1) is 8.22. The van der Waals surface area contributed by atoms with Crippen molar-refractivity contribution in [3.8, 4) is 11.5 Å². The molecule has 0 spiro atoms. The highest BCUT2D eigenvalue weighted by atomic mass is 16.5. The predicted molar refractivity (Wildman–Crippen MR) is 64.4 cm³/mol. The molecule has 1 heterocycles. The van der Waals surface area contributed by atoms with Crippen molar-refractivity contribution in [3.63, 3.8) is 0 Å². The maximum Gasteiger partial charge on any atom is 0.161 e. The lowest BCUT2D eigenvalue weighted by molar-refractivity contribution is -0.116. The lowest BCUT2D eigenvalue weighted by Gasteiger charge is -2.15. The number of rotatable bonds is 4. The van der Waals surface area contributed by atoms with E-state index in [9.17, 15) is 4.79 Å². The van der Waals surface area contributed by atoms with Gasteiger partial charge in [0.1, 0.15) is 5.78 Å². The van der Waals surface area contributed by atoms with Crippen LogP contribution in [0.1, 0.15) is 12.0 Å². The van der Waals surface area contributed by atoms with Gasteiger partial charge in [-0.15, -0.1) is 0 Å². The van der Waals surface area contributed by atoms with Gasteiger partial charge in [-0.25, -0.2) is 0 Å². The molecule has 1 fully saturated rings. The summed E-state index contributed by atoms with van der Waals surface area (Å²) in [6, 6.07) is 5.86. The zero-order valence-corrected chi connectivity index (χ0v) is 10.2. The number of carbonyl (C=O) groups excluding carboxylic acids is 1.